The third-order valence-corrected chi connectivity index (χ3v) is 4.98. The van der Waals surface area contributed by atoms with E-state index in [1.807, 2.05) is 25.3 Å². The fourth-order valence-electron chi connectivity index (χ4n) is 2.82. The van der Waals surface area contributed by atoms with Gasteiger partial charge in [-0.25, -0.2) is 4.98 Å². The van der Waals surface area contributed by atoms with Crippen LogP contribution >= 0.6 is 11.3 Å². The van der Waals surface area contributed by atoms with Gasteiger partial charge in [0.2, 0.25) is 0 Å². The Bertz CT molecular complexity index is 823. The summed E-state index contributed by atoms with van der Waals surface area (Å²) in [6.07, 6.45) is 2.77. The first-order valence-corrected chi connectivity index (χ1v) is 9.25. The van der Waals surface area contributed by atoms with Crippen molar-refractivity contribution in [2.75, 3.05) is 6.61 Å². The molecule has 0 N–H and O–H groups in total. The molecule has 1 aromatic carbocycles. The lowest BCUT2D eigenvalue weighted by Crippen LogP contribution is -2.05. The summed E-state index contributed by atoms with van der Waals surface area (Å²) in [4.78, 5) is 8.84. The quantitative estimate of drug-likeness (QED) is 0.733. The third-order valence-electron chi connectivity index (χ3n) is 3.94. The Morgan fingerprint density at radius 1 is 1.56 bits per heavy atom. The van der Waals surface area contributed by atoms with E-state index in [1.54, 1.807) is 6.21 Å². The highest BCUT2D eigenvalue weighted by Crippen LogP contribution is 2.35. The van der Waals surface area contributed by atoms with E-state index < -0.39 is 5.92 Å². The molecule has 0 radical (unpaired) electrons. The summed E-state index contributed by atoms with van der Waals surface area (Å²) >= 11 is 1.49. The molecule has 1 unspecified atom stereocenters. The van der Waals surface area contributed by atoms with E-state index in [-0.39, 0.29) is 6.10 Å². The minimum Gasteiger partial charge on any atom is -0.494 e. The third kappa shape index (κ3) is 3.99. The highest BCUT2D eigenvalue weighted by Gasteiger charge is 2.21. The van der Waals surface area contributed by atoms with Crippen LogP contribution in [0.3, 0.4) is 0 Å². The number of thiazole rings is 1. The Balaban J connectivity index is 1.78. The number of rotatable bonds is 6. The summed E-state index contributed by atoms with van der Waals surface area (Å²) in [5.41, 5.74) is 3.08. The molecule has 1 aliphatic rings. The van der Waals surface area contributed by atoms with Gasteiger partial charge in [-0.15, -0.1) is 11.3 Å². The van der Waals surface area contributed by atoms with Gasteiger partial charge in [0, 0.05) is 34.8 Å². The standard InChI is InChI=1S/C19H21N3O2S/c1-4-23-17-6-14-5-13(3)24-18(14)7-15(17)9-21-10-16(8-20)19-22-12(2)11-25-19/h6-7,10-11,13,16H,4-5,9H2,1-3H3/t13-,16?/m0/s1. The molecule has 0 aliphatic carbocycles. The van der Waals surface area contributed by atoms with Crippen LogP contribution in [0.4, 0.5) is 0 Å². The van der Waals surface area contributed by atoms with Gasteiger partial charge in [0.1, 0.15) is 28.5 Å². The Morgan fingerprint density at radius 2 is 2.40 bits per heavy atom. The van der Waals surface area contributed by atoms with Gasteiger partial charge in [0.15, 0.2) is 0 Å². The zero-order chi connectivity index (χ0) is 17.8. The minimum absolute atomic E-state index is 0.194. The lowest BCUT2D eigenvalue weighted by atomic mass is 10.1. The largest absolute Gasteiger partial charge is 0.494 e. The van der Waals surface area contributed by atoms with Gasteiger partial charge in [-0.05, 0) is 32.9 Å². The van der Waals surface area contributed by atoms with Crippen molar-refractivity contribution in [2.45, 2.75) is 45.8 Å². The zero-order valence-electron chi connectivity index (χ0n) is 14.7. The van der Waals surface area contributed by atoms with Crippen molar-refractivity contribution in [3.05, 3.63) is 39.3 Å². The fraction of sp³-hybridized carbons (Fsp3) is 0.421. The van der Waals surface area contributed by atoms with Crippen LogP contribution in [0.15, 0.2) is 22.5 Å². The van der Waals surface area contributed by atoms with Crippen LogP contribution in [-0.2, 0) is 13.0 Å². The second-order valence-corrected chi connectivity index (χ2v) is 6.95. The first-order valence-electron chi connectivity index (χ1n) is 8.37. The highest BCUT2D eigenvalue weighted by molar-refractivity contribution is 7.09. The van der Waals surface area contributed by atoms with Crippen LogP contribution in [0.1, 0.15) is 41.6 Å². The SMILES string of the molecule is CCOc1cc2c(cc1CN=CC(C#N)c1nc(C)cs1)O[C@@H](C)C2. The van der Waals surface area contributed by atoms with Gasteiger partial charge < -0.3 is 9.47 Å². The van der Waals surface area contributed by atoms with Crippen molar-refractivity contribution in [2.24, 2.45) is 4.99 Å². The van der Waals surface area contributed by atoms with Gasteiger partial charge in [-0.2, -0.15) is 5.26 Å². The number of ether oxygens (including phenoxy) is 2. The monoisotopic (exact) mass is 355 g/mol. The van der Waals surface area contributed by atoms with Crippen LogP contribution in [0.5, 0.6) is 11.5 Å². The van der Waals surface area contributed by atoms with Crippen molar-refractivity contribution in [1.82, 2.24) is 4.98 Å². The maximum atomic E-state index is 9.36. The number of aromatic nitrogens is 1. The zero-order valence-corrected chi connectivity index (χ0v) is 15.5. The second-order valence-electron chi connectivity index (χ2n) is 6.06. The minimum atomic E-state index is -0.417. The van der Waals surface area contributed by atoms with Gasteiger partial charge in [0.05, 0.1) is 19.2 Å². The summed E-state index contributed by atoms with van der Waals surface area (Å²) in [7, 11) is 0. The van der Waals surface area contributed by atoms with E-state index >= 15 is 0 Å². The molecule has 0 amide bonds. The smallest absolute Gasteiger partial charge is 0.133 e. The normalized spacial score (nSPS) is 17.1. The predicted octanol–water partition coefficient (Wildman–Crippen LogP) is 4.05. The summed E-state index contributed by atoms with van der Waals surface area (Å²) in [6.45, 7) is 7.00. The van der Waals surface area contributed by atoms with E-state index in [0.29, 0.717) is 13.2 Å². The van der Waals surface area contributed by atoms with E-state index in [1.165, 1.54) is 16.9 Å². The molecule has 0 spiro atoms. The number of nitriles is 1. The Kier molecular flexibility index (Phi) is 5.34. The van der Waals surface area contributed by atoms with Gasteiger partial charge in [-0.1, -0.05) is 0 Å². The Labute approximate surface area is 152 Å². The molecule has 130 valence electrons. The van der Waals surface area contributed by atoms with Crippen molar-refractivity contribution < 1.29 is 9.47 Å². The number of hydrogen-bond donors (Lipinski definition) is 0. The average Bonchev–Trinajstić information content (AvgIpc) is 3.16. The van der Waals surface area contributed by atoms with E-state index in [2.05, 4.69) is 29.0 Å². The lowest BCUT2D eigenvalue weighted by Gasteiger charge is -2.11. The summed E-state index contributed by atoms with van der Waals surface area (Å²) in [5.74, 6) is 1.34. The molecular weight excluding hydrogens is 334 g/mol. The molecule has 0 saturated carbocycles. The molecular formula is C19H21N3O2S. The number of benzene rings is 1. The van der Waals surface area contributed by atoms with Crippen LogP contribution in [-0.4, -0.2) is 23.9 Å². The maximum absolute atomic E-state index is 9.36. The Hall–Kier alpha value is -2.39. The van der Waals surface area contributed by atoms with Gasteiger partial charge in [-0.3, -0.25) is 4.99 Å². The number of aliphatic imine (C=N–C) groups is 1. The Morgan fingerprint density at radius 3 is 3.08 bits per heavy atom. The topological polar surface area (TPSA) is 67.5 Å². The second kappa shape index (κ2) is 7.66. The molecule has 2 aromatic rings. The molecule has 0 saturated heterocycles. The number of fused-ring (bicyclic) bond motifs is 1. The molecule has 6 heteroatoms. The molecule has 0 bridgehead atoms. The predicted molar refractivity (Wildman–Crippen MR) is 98.8 cm³/mol. The molecule has 2 heterocycles. The first-order chi connectivity index (χ1) is 12.1. The summed E-state index contributed by atoms with van der Waals surface area (Å²) in [5, 5.41) is 12.1. The van der Waals surface area contributed by atoms with Crippen LogP contribution in [0.25, 0.3) is 0 Å². The van der Waals surface area contributed by atoms with E-state index in [9.17, 15) is 5.26 Å². The fourth-order valence-corrected chi connectivity index (χ4v) is 3.62. The van der Waals surface area contributed by atoms with Gasteiger partial charge in [0.25, 0.3) is 0 Å². The molecule has 0 fully saturated rings. The van der Waals surface area contributed by atoms with E-state index in [4.69, 9.17) is 9.47 Å². The van der Waals surface area contributed by atoms with Gasteiger partial charge >= 0.3 is 0 Å². The highest BCUT2D eigenvalue weighted by atomic mass is 32.1. The number of aryl methyl sites for hydroxylation is 1. The average molecular weight is 355 g/mol. The van der Waals surface area contributed by atoms with Crippen LogP contribution in [0, 0.1) is 18.3 Å². The van der Waals surface area contributed by atoms with Crippen molar-refractivity contribution in [1.29, 1.82) is 5.26 Å². The molecule has 2 atom stereocenters. The summed E-state index contributed by atoms with van der Waals surface area (Å²) in [6, 6.07) is 6.31. The molecule has 5 nitrogen and oxygen atoms in total. The lowest BCUT2D eigenvalue weighted by molar-refractivity contribution is 0.254. The van der Waals surface area contributed by atoms with Crippen LogP contribution in [0.2, 0.25) is 0 Å². The van der Waals surface area contributed by atoms with Crippen molar-refractivity contribution in [3.63, 3.8) is 0 Å². The number of hydrogen-bond acceptors (Lipinski definition) is 6. The molecule has 1 aromatic heterocycles. The van der Waals surface area contributed by atoms with Crippen LogP contribution < -0.4 is 9.47 Å². The summed E-state index contributed by atoms with van der Waals surface area (Å²) < 4.78 is 11.6. The molecule has 25 heavy (non-hydrogen) atoms. The van der Waals surface area contributed by atoms with Crippen molar-refractivity contribution >= 4 is 17.6 Å². The first kappa shape index (κ1) is 17.4. The maximum Gasteiger partial charge on any atom is 0.133 e. The van der Waals surface area contributed by atoms with E-state index in [0.717, 1.165) is 34.2 Å². The number of nitrogens with zero attached hydrogens (tertiary/aromatic N) is 3. The van der Waals surface area contributed by atoms with Crippen molar-refractivity contribution in [3.8, 4) is 17.6 Å². The molecule has 1 aliphatic heterocycles. The molecule has 3 rings (SSSR count).